The molecule has 112 valence electrons. The Kier molecular flexibility index (Phi) is 3.87. The molecule has 0 unspecified atom stereocenters. The number of hydrogen-bond donors (Lipinski definition) is 2. The van der Waals surface area contributed by atoms with Gasteiger partial charge in [-0.05, 0) is 6.92 Å². The van der Waals surface area contributed by atoms with Crippen LogP contribution in [0.5, 0.6) is 0 Å². The van der Waals surface area contributed by atoms with Crippen molar-refractivity contribution in [1.82, 2.24) is 29.7 Å². The Bertz CT molecular complexity index is 672. The number of carbonyl (C=O) groups is 2. The summed E-state index contributed by atoms with van der Waals surface area (Å²) in [6, 6.07) is -0.330. The monoisotopic (exact) mass is 292 g/mol. The van der Waals surface area contributed by atoms with Crippen molar-refractivity contribution in [3.05, 3.63) is 18.1 Å². The topological polar surface area (TPSA) is 124 Å². The van der Waals surface area contributed by atoms with E-state index in [1.165, 1.54) is 26.8 Å². The molecule has 0 saturated heterocycles. The fourth-order valence-corrected chi connectivity index (χ4v) is 1.51. The number of anilines is 2. The lowest BCUT2D eigenvalue weighted by molar-refractivity contribution is 0.0862. The van der Waals surface area contributed by atoms with Gasteiger partial charge in [0.25, 0.3) is 5.91 Å². The Morgan fingerprint density at radius 3 is 2.62 bits per heavy atom. The first kappa shape index (κ1) is 14.5. The third-order valence-corrected chi connectivity index (χ3v) is 2.74. The summed E-state index contributed by atoms with van der Waals surface area (Å²) in [7, 11) is 3.21. The molecular weight excluding hydrogens is 276 g/mol. The molecule has 0 aromatic carbocycles. The molecule has 0 aliphatic rings. The molecule has 0 atom stereocenters. The molecule has 3 N–H and O–H groups in total. The minimum absolute atomic E-state index is 0.111. The minimum Gasteiger partial charge on any atom is -0.396 e. The van der Waals surface area contributed by atoms with Gasteiger partial charge in [-0.15, -0.1) is 5.10 Å². The summed E-state index contributed by atoms with van der Waals surface area (Å²) < 4.78 is 1.19. The molecular formula is C11H16N8O2. The van der Waals surface area contributed by atoms with Crippen LogP contribution >= 0.6 is 0 Å². The molecule has 10 heteroatoms. The van der Waals surface area contributed by atoms with E-state index in [2.05, 4.69) is 20.6 Å². The van der Waals surface area contributed by atoms with Gasteiger partial charge in [0, 0.05) is 14.1 Å². The van der Waals surface area contributed by atoms with Gasteiger partial charge >= 0.3 is 6.03 Å². The van der Waals surface area contributed by atoms with Crippen molar-refractivity contribution in [3.8, 4) is 0 Å². The van der Waals surface area contributed by atoms with Crippen LogP contribution in [-0.4, -0.2) is 55.7 Å². The van der Waals surface area contributed by atoms with E-state index in [1.54, 1.807) is 21.0 Å². The van der Waals surface area contributed by atoms with Crippen molar-refractivity contribution in [2.75, 3.05) is 25.1 Å². The van der Waals surface area contributed by atoms with Gasteiger partial charge in [0.1, 0.15) is 6.54 Å². The zero-order valence-corrected chi connectivity index (χ0v) is 11.9. The first-order chi connectivity index (χ1) is 9.88. The maximum atomic E-state index is 12.0. The quantitative estimate of drug-likeness (QED) is 0.807. The lowest BCUT2D eigenvalue weighted by atomic mass is 10.4. The highest BCUT2D eigenvalue weighted by Gasteiger charge is 2.14. The molecule has 2 aromatic rings. The third-order valence-electron chi connectivity index (χ3n) is 2.74. The van der Waals surface area contributed by atoms with Gasteiger partial charge in [0.2, 0.25) is 0 Å². The Labute approximate surface area is 120 Å². The minimum atomic E-state index is -0.330. The van der Waals surface area contributed by atoms with Crippen LogP contribution < -0.4 is 11.1 Å². The fourth-order valence-electron chi connectivity index (χ4n) is 1.51. The SMILES string of the molecule is Cc1c(N)cnn1C(=O)Cn1ncc(NC(=O)N(C)C)n1. The summed E-state index contributed by atoms with van der Waals surface area (Å²) in [6.07, 6.45) is 2.77. The molecule has 0 aliphatic heterocycles. The molecule has 2 rings (SSSR count). The zero-order chi connectivity index (χ0) is 15.6. The lowest BCUT2D eigenvalue weighted by Crippen LogP contribution is -2.27. The summed E-state index contributed by atoms with van der Waals surface area (Å²) in [5.74, 6) is -0.0662. The molecule has 0 saturated carbocycles. The van der Waals surface area contributed by atoms with Crippen LogP contribution in [0, 0.1) is 6.92 Å². The Morgan fingerprint density at radius 2 is 2.05 bits per heavy atom. The van der Waals surface area contributed by atoms with Gasteiger partial charge in [-0.25, -0.2) is 9.48 Å². The van der Waals surface area contributed by atoms with Crippen LogP contribution in [0.3, 0.4) is 0 Å². The number of nitrogens with two attached hydrogens (primary N) is 1. The first-order valence-corrected chi connectivity index (χ1v) is 6.10. The van der Waals surface area contributed by atoms with Gasteiger partial charge in [0.05, 0.1) is 23.8 Å². The van der Waals surface area contributed by atoms with Crippen molar-refractivity contribution in [2.24, 2.45) is 0 Å². The third kappa shape index (κ3) is 3.16. The number of amides is 2. The van der Waals surface area contributed by atoms with E-state index in [9.17, 15) is 9.59 Å². The summed E-state index contributed by atoms with van der Waals surface area (Å²) in [5, 5.41) is 14.3. The van der Waals surface area contributed by atoms with E-state index in [-0.39, 0.29) is 24.3 Å². The lowest BCUT2D eigenvalue weighted by Gasteiger charge is -2.09. The van der Waals surface area contributed by atoms with Crippen LogP contribution in [0.15, 0.2) is 12.4 Å². The zero-order valence-electron chi connectivity index (χ0n) is 11.9. The molecule has 0 radical (unpaired) electrons. The normalized spacial score (nSPS) is 10.4. The van der Waals surface area contributed by atoms with Gasteiger partial charge in [-0.2, -0.15) is 15.0 Å². The van der Waals surface area contributed by atoms with E-state index in [0.717, 1.165) is 0 Å². The number of nitrogens with zero attached hydrogens (tertiary/aromatic N) is 6. The molecule has 0 aliphatic carbocycles. The molecule has 2 heterocycles. The summed E-state index contributed by atoms with van der Waals surface area (Å²) in [4.78, 5) is 26.0. The van der Waals surface area contributed by atoms with Crippen molar-refractivity contribution in [1.29, 1.82) is 0 Å². The molecule has 21 heavy (non-hydrogen) atoms. The Hall–Kier alpha value is -2.91. The van der Waals surface area contributed by atoms with Gasteiger partial charge < -0.3 is 10.6 Å². The second-order valence-corrected chi connectivity index (χ2v) is 4.58. The maximum absolute atomic E-state index is 12.0. The number of nitrogen functional groups attached to an aromatic ring is 1. The number of carbonyl (C=O) groups excluding carboxylic acids is 2. The smallest absolute Gasteiger partial charge is 0.322 e. The van der Waals surface area contributed by atoms with Crippen molar-refractivity contribution >= 4 is 23.4 Å². The van der Waals surface area contributed by atoms with Crippen LogP contribution in [0.25, 0.3) is 0 Å². The highest BCUT2D eigenvalue weighted by atomic mass is 16.2. The van der Waals surface area contributed by atoms with Crippen molar-refractivity contribution in [2.45, 2.75) is 13.5 Å². The molecule has 0 fully saturated rings. The summed E-state index contributed by atoms with van der Waals surface area (Å²) >= 11 is 0. The Balaban J connectivity index is 2.04. The average molecular weight is 292 g/mol. The second-order valence-electron chi connectivity index (χ2n) is 4.58. The molecule has 2 amide bonds. The van der Waals surface area contributed by atoms with Crippen molar-refractivity contribution < 1.29 is 9.59 Å². The fraction of sp³-hybridized carbons (Fsp3) is 0.364. The van der Waals surface area contributed by atoms with Gasteiger partial charge in [-0.3, -0.25) is 10.1 Å². The van der Waals surface area contributed by atoms with E-state index < -0.39 is 0 Å². The van der Waals surface area contributed by atoms with Crippen molar-refractivity contribution in [3.63, 3.8) is 0 Å². The van der Waals surface area contributed by atoms with E-state index >= 15 is 0 Å². The molecule has 10 nitrogen and oxygen atoms in total. The first-order valence-electron chi connectivity index (χ1n) is 6.10. The van der Waals surface area contributed by atoms with Crippen LogP contribution in [0.2, 0.25) is 0 Å². The van der Waals surface area contributed by atoms with Gasteiger partial charge in [0.15, 0.2) is 5.82 Å². The highest BCUT2D eigenvalue weighted by molar-refractivity contribution is 5.87. The summed E-state index contributed by atoms with van der Waals surface area (Å²) in [6.45, 7) is 1.58. The number of urea groups is 1. The van der Waals surface area contributed by atoms with Crippen LogP contribution in [0.4, 0.5) is 16.3 Å². The number of rotatable bonds is 3. The number of aromatic nitrogens is 5. The van der Waals surface area contributed by atoms with Gasteiger partial charge in [-0.1, -0.05) is 0 Å². The largest absolute Gasteiger partial charge is 0.396 e. The number of hydrogen-bond acceptors (Lipinski definition) is 6. The predicted octanol–water partition coefficient (Wildman–Crippen LogP) is -0.201. The Morgan fingerprint density at radius 1 is 1.33 bits per heavy atom. The predicted molar refractivity (Wildman–Crippen MR) is 74.7 cm³/mol. The number of nitrogens with one attached hydrogen (secondary N) is 1. The van der Waals surface area contributed by atoms with Crippen LogP contribution in [-0.2, 0) is 6.54 Å². The molecule has 2 aromatic heterocycles. The molecule has 0 spiro atoms. The average Bonchev–Trinajstić information content (AvgIpc) is 2.98. The standard InChI is InChI=1S/C11H16N8O2/c1-7-8(12)4-14-19(7)10(20)6-18-13-5-9(16-18)15-11(21)17(2)3/h4-5H,6,12H2,1-3H3,(H,15,16,21). The second kappa shape index (κ2) is 5.61. The maximum Gasteiger partial charge on any atom is 0.322 e. The summed E-state index contributed by atoms with van der Waals surface area (Å²) in [5.41, 5.74) is 6.64. The van der Waals surface area contributed by atoms with Crippen LogP contribution in [0.1, 0.15) is 10.5 Å². The highest BCUT2D eigenvalue weighted by Crippen LogP contribution is 2.08. The van der Waals surface area contributed by atoms with E-state index in [1.807, 2.05) is 0 Å². The van der Waals surface area contributed by atoms with E-state index in [0.29, 0.717) is 11.4 Å². The van der Waals surface area contributed by atoms with E-state index in [4.69, 9.17) is 5.73 Å². The molecule has 0 bridgehead atoms.